The Balaban J connectivity index is 1.63. The Kier molecular flexibility index (Phi) is 4.61. The normalized spacial score (nSPS) is 41.1. The topological polar surface area (TPSA) is 42.0 Å². The molecule has 2 fully saturated rings. The van der Waals surface area contributed by atoms with Gasteiger partial charge in [0.2, 0.25) is 5.91 Å². The summed E-state index contributed by atoms with van der Waals surface area (Å²) < 4.78 is 0. The van der Waals surface area contributed by atoms with Crippen LogP contribution in [0, 0.1) is 28.1 Å². The van der Waals surface area contributed by atoms with Crippen LogP contribution in [0.1, 0.15) is 65.7 Å². The number of hydrogen-bond acceptors (Lipinski definition) is 3. The van der Waals surface area contributed by atoms with Gasteiger partial charge in [-0.1, -0.05) is 44.9 Å². The number of nitrogens with zero attached hydrogens (tertiary/aromatic N) is 1. The molecule has 0 aromatic carbocycles. The fourth-order valence-corrected chi connectivity index (χ4v) is 6.93. The first-order chi connectivity index (χ1) is 12.8. The van der Waals surface area contributed by atoms with Crippen molar-refractivity contribution in [2.45, 2.75) is 65.7 Å². The van der Waals surface area contributed by atoms with Gasteiger partial charge in [0, 0.05) is 11.6 Å². The molecule has 146 valence electrons. The highest BCUT2D eigenvalue weighted by atomic mass is 32.1. The molecule has 1 aromatic rings. The van der Waals surface area contributed by atoms with Crippen LogP contribution in [-0.4, -0.2) is 10.9 Å². The predicted octanol–water partition coefficient (Wildman–Crippen LogP) is 6.22. The molecule has 1 aromatic heterocycles. The van der Waals surface area contributed by atoms with Crippen LogP contribution in [0.3, 0.4) is 0 Å². The molecule has 1 heterocycles. The lowest BCUT2D eigenvalue weighted by Crippen LogP contribution is -2.55. The van der Waals surface area contributed by atoms with E-state index in [0.717, 1.165) is 30.8 Å². The summed E-state index contributed by atoms with van der Waals surface area (Å²) in [5.74, 6) is 1.19. The highest BCUT2D eigenvalue weighted by Gasteiger charge is 2.57. The van der Waals surface area contributed by atoms with Crippen LogP contribution < -0.4 is 5.32 Å². The van der Waals surface area contributed by atoms with Gasteiger partial charge >= 0.3 is 0 Å². The number of amides is 1. The van der Waals surface area contributed by atoms with E-state index >= 15 is 0 Å². The minimum absolute atomic E-state index is 0.164. The summed E-state index contributed by atoms with van der Waals surface area (Å²) in [4.78, 5) is 17.6. The SMILES string of the molecule is C=CC1(C)CCC2C(=CCC3C(C)(C(=O)Nc4nccs4)CCCC23C)C1. The number of rotatable bonds is 3. The average Bonchev–Trinajstić information content (AvgIpc) is 3.14. The lowest BCUT2D eigenvalue weighted by Gasteiger charge is -2.59. The van der Waals surface area contributed by atoms with Gasteiger partial charge in [-0.25, -0.2) is 4.98 Å². The van der Waals surface area contributed by atoms with Crippen LogP contribution in [0.4, 0.5) is 5.13 Å². The van der Waals surface area contributed by atoms with E-state index in [1.165, 1.54) is 30.6 Å². The molecule has 4 heteroatoms. The molecule has 0 saturated heterocycles. The fourth-order valence-electron chi connectivity index (χ4n) is 6.40. The summed E-state index contributed by atoms with van der Waals surface area (Å²) in [6.45, 7) is 11.1. The number of carbonyl (C=O) groups excluding carboxylic acids is 1. The van der Waals surface area contributed by atoms with Crippen molar-refractivity contribution in [3.05, 3.63) is 35.9 Å². The molecule has 0 bridgehead atoms. The van der Waals surface area contributed by atoms with Crippen LogP contribution in [0.5, 0.6) is 0 Å². The summed E-state index contributed by atoms with van der Waals surface area (Å²) >= 11 is 1.50. The number of hydrogen-bond donors (Lipinski definition) is 1. The number of carbonyl (C=O) groups is 1. The van der Waals surface area contributed by atoms with Crippen LogP contribution >= 0.6 is 11.3 Å². The summed E-state index contributed by atoms with van der Waals surface area (Å²) in [5.41, 5.74) is 1.78. The largest absolute Gasteiger partial charge is 0.301 e. The second kappa shape index (κ2) is 6.58. The molecule has 2 saturated carbocycles. The maximum Gasteiger partial charge on any atom is 0.232 e. The number of nitrogens with one attached hydrogen (secondary N) is 1. The Morgan fingerprint density at radius 2 is 2.15 bits per heavy atom. The summed E-state index contributed by atoms with van der Waals surface area (Å²) in [6.07, 6.45) is 14.4. The average molecular weight is 385 g/mol. The van der Waals surface area contributed by atoms with E-state index in [1.807, 2.05) is 5.38 Å². The smallest absolute Gasteiger partial charge is 0.232 e. The fraction of sp³-hybridized carbons (Fsp3) is 0.652. The second-order valence-electron chi connectivity index (χ2n) is 9.76. The maximum absolute atomic E-state index is 13.3. The summed E-state index contributed by atoms with van der Waals surface area (Å²) in [6, 6.07) is 0. The van der Waals surface area contributed by atoms with E-state index in [4.69, 9.17) is 0 Å². The third-order valence-electron chi connectivity index (χ3n) is 8.11. The second-order valence-corrected chi connectivity index (χ2v) is 10.7. The van der Waals surface area contributed by atoms with Crippen molar-refractivity contribution in [3.63, 3.8) is 0 Å². The zero-order chi connectivity index (χ0) is 19.3. The summed E-state index contributed by atoms with van der Waals surface area (Å²) in [7, 11) is 0. The van der Waals surface area contributed by atoms with Gasteiger partial charge in [0.25, 0.3) is 0 Å². The zero-order valence-electron chi connectivity index (χ0n) is 16.9. The number of anilines is 1. The molecule has 1 amide bonds. The van der Waals surface area contributed by atoms with Crippen LogP contribution in [0.2, 0.25) is 0 Å². The molecule has 5 atom stereocenters. The Bertz CT molecular complexity index is 769. The van der Waals surface area contributed by atoms with Gasteiger partial charge in [-0.3, -0.25) is 4.79 Å². The van der Waals surface area contributed by atoms with Gasteiger partial charge in [0.15, 0.2) is 5.13 Å². The van der Waals surface area contributed by atoms with Crippen molar-refractivity contribution in [1.29, 1.82) is 0 Å². The molecule has 0 aliphatic heterocycles. The highest BCUT2D eigenvalue weighted by Crippen LogP contribution is 2.63. The van der Waals surface area contributed by atoms with Crippen molar-refractivity contribution in [3.8, 4) is 0 Å². The number of aromatic nitrogens is 1. The molecule has 3 aliphatic rings. The van der Waals surface area contributed by atoms with E-state index < -0.39 is 0 Å². The molecule has 0 spiro atoms. The van der Waals surface area contributed by atoms with E-state index in [2.05, 4.69) is 49.8 Å². The third kappa shape index (κ3) is 3.00. The Morgan fingerprint density at radius 1 is 1.33 bits per heavy atom. The van der Waals surface area contributed by atoms with Crippen molar-refractivity contribution in [2.75, 3.05) is 5.32 Å². The number of fused-ring (bicyclic) bond motifs is 3. The molecule has 5 unspecified atom stereocenters. The van der Waals surface area contributed by atoms with Crippen LogP contribution in [-0.2, 0) is 4.79 Å². The van der Waals surface area contributed by atoms with Crippen molar-refractivity contribution in [1.82, 2.24) is 4.98 Å². The highest BCUT2D eigenvalue weighted by molar-refractivity contribution is 7.13. The van der Waals surface area contributed by atoms with Gasteiger partial charge in [-0.05, 0) is 61.2 Å². The lowest BCUT2D eigenvalue weighted by molar-refractivity contribution is -0.139. The first kappa shape index (κ1) is 18.9. The van der Waals surface area contributed by atoms with Gasteiger partial charge in [-0.2, -0.15) is 0 Å². The molecule has 1 N–H and O–H groups in total. The predicted molar refractivity (Wildman–Crippen MR) is 113 cm³/mol. The number of thiazole rings is 1. The van der Waals surface area contributed by atoms with E-state index in [-0.39, 0.29) is 22.2 Å². The number of allylic oxidation sites excluding steroid dienone is 3. The molecule has 27 heavy (non-hydrogen) atoms. The van der Waals surface area contributed by atoms with Crippen molar-refractivity contribution >= 4 is 22.4 Å². The third-order valence-corrected chi connectivity index (χ3v) is 8.80. The molecule has 3 nitrogen and oxygen atoms in total. The van der Waals surface area contributed by atoms with Gasteiger partial charge in [0.1, 0.15) is 0 Å². The summed E-state index contributed by atoms with van der Waals surface area (Å²) in [5, 5.41) is 5.75. The first-order valence-corrected chi connectivity index (χ1v) is 11.2. The van der Waals surface area contributed by atoms with Gasteiger partial charge < -0.3 is 5.32 Å². The van der Waals surface area contributed by atoms with E-state index in [0.29, 0.717) is 11.8 Å². The van der Waals surface area contributed by atoms with Crippen LogP contribution in [0.25, 0.3) is 0 Å². The standard InChI is InChI=1S/C23H32N2OS/c1-5-21(2)12-9-17-16(15-21)7-8-18-22(17,3)10-6-11-23(18,4)19(26)25-20-24-13-14-27-20/h5,7,13-14,17-18H,1,6,8-12,15H2,2-4H3,(H,24,25,26). The van der Waals surface area contributed by atoms with Crippen molar-refractivity contribution < 1.29 is 4.79 Å². The molecule has 0 radical (unpaired) electrons. The van der Waals surface area contributed by atoms with Gasteiger partial charge in [0.05, 0.1) is 5.41 Å². The van der Waals surface area contributed by atoms with E-state index in [9.17, 15) is 4.79 Å². The zero-order valence-corrected chi connectivity index (χ0v) is 17.7. The molecular formula is C23H32N2OS. The minimum Gasteiger partial charge on any atom is -0.301 e. The first-order valence-electron chi connectivity index (χ1n) is 10.3. The Labute approximate surface area is 167 Å². The van der Waals surface area contributed by atoms with E-state index in [1.54, 1.807) is 11.8 Å². The maximum atomic E-state index is 13.3. The Hall–Kier alpha value is -1.42. The monoisotopic (exact) mass is 384 g/mol. The van der Waals surface area contributed by atoms with Crippen LogP contribution in [0.15, 0.2) is 35.9 Å². The molecular weight excluding hydrogens is 352 g/mol. The molecule has 3 aliphatic carbocycles. The van der Waals surface area contributed by atoms with Crippen molar-refractivity contribution in [2.24, 2.45) is 28.1 Å². The van der Waals surface area contributed by atoms with Gasteiger partial charge in [-0.15, -0.1) is 17.9 Å². The Morgan fingerprint density at radius 3 is 2.85 bits per heavy atom. The lowest BCUT2D eigenvalue weighted by atomic mass is 9.45. The quantitative estimate of drug-likeness (QED) is 0.629. The minimum atomic E-state index is -0.320. The molecule has 4 rings (SSSR count).